The average molecular weight is 402 g/mol. The van der Waals surface area contributed by atoms with Gasteiger partial charge in [-0.25, -0.2) is 13.1 Å². The van der Waals surface area contributed by atoms with Crippen molar-refractivity contribution in [2.45, 2.75) is 62.9 Å². The second-order valence-electron chi connectivity index (χ2n) is 7.46. The Morgan fingerprint density at radius 1 is 1.07 bits per heavy atom. The van der Waals surface area contributed by atoms with E-state index in [-0.39, 0.29) is 22.9 Å². The minimum absolute atomic E-state index is 0.142. The van der Waals surface area contributed by atoms with E-state index in [1.807, 2.05) is 12.1 Å². The number of hydrogen-bond acceptors (Lipinski definition) is 4. The molecule has 1 aromatic carbocycles. The third-order valence-corrected chi connectivity index (χ3v) is 6.42. The van der Waals surface area contributed by atoms with Gasteiger partial charge >= 0.3 is 0 Å². The topological polar surface area (TPSA) is 80.5 Å². The molecule has 0 saturated heterocycles. The molecule has 150 valence electrons. The van der Waals surface area contributed by atoms with Gasteiger partial charge in [0, 0.05) is 17.8 Å². The quantitative estimate of drug-likeness (QED) is 0.836. The first-order valence-electron chi connectivity index (χ1n) is 9.75. The van der Waals surface area contributed by atoms with E-state index in [1.54, 1.807) is 38.2 Å². The van der Waals surface area contributed by atoms with Gasteiger partial charge in [-0.05, 0) is 63.1 Å². The van der Waals surface area contributed by atoms with Crippen molar-refractivity contribution in [2.75, 3.05) is 0 Å². The second-order valence-corrected chi connectivity index (χ2v) is 9.17. The van der Waals surface area contributed by atoms with Crippen molar-refractivity contribution < 1.29 is 13.2 Å². The van der Waals surface area contributed by atoms with Crippen LogP contribution in [0.25, 0.3) is 0 Å². The van der Waals surface area contributed by atoms with Crippen molar-refractivity contribution in [3.63, 3.8) is 0 Å². The first-order chi connectivity index (χ1) is 13.4. The lowest BCUT2D eigenvalue weighted by molar-refractivity contribution is 0.0954. The van der Waals surface area contributed by atoms with Crippen LogP contribution in [0, 0.1) is 0 Å². The first-order valence-corrected chi connectivity index (χ1v) is 11.2. The molecule has 0 radical (unpaired) electrons. The molecule has 0 unspecified atom stereocenters. The fourth-order valence-electron chi connectivity index (χ4n) is 3.40. The smallest absolute Gasteiger partial charge is 0.263 e. The molecule has 0 amide bonds. The molecular formula is C21H27N3O3S. The molecule has 0 atom stereocenters. The number of sulfonamides is 1. The van der Waals surface area contributed by atoms with E-state index in [1.165, 1.54) is 36.0 Å². The third kappa shape index (κ3) is 4.97. The minimum Gasteiger partial charge on any atom is -0.268 e. The summed E-state index contributed by atoms with van der Waals surface area (Å²) in [7, 11) is -3.58. The van der Waals surface area contributed by atoms with Crippen LogP contribution in [0.2, 0.25) is 0 Å². The van der Waals surface area contributed by atoms with Crippen LogP contribution in [0.1, 0.15) is 56.3 Å². The molecule has 1 aliphatic carbocycles. The predicted octanol–water partition coefficient (Wildman–Crippen LogP) is 3.10. The predicted molar refractivity (Wildman–Crippen MR) is 108 cm³/mol. The zero-order valence-electron chi connectivity index (χ0n) is 16.3. The number of hydrogen-bond donors (Lipinski definition) is 1. The summed E-state index contributed by atoms with van der Waals surface area (Å²) < 4.78 is 28.6. The molecule has 1 heterocycles. The molecule has 0 aliphatic heterocycles. The summed E-state index contributed by atoms with van der Waals surface area (Å²) in [5.74, 6) is -0.226. The lowest BCUT2D eigenvalue weighted by Gasteiger charge is -2.17. The van der Waals surface area contributed by atoms with E-state index in [4.69, 9.17) is 4.99 Å². The Morgan fingerprint density at radius 2 is 1.75 bits per heavy atom. The number of rotatable bonds is 5. The Morgan fingerprint density at radius 3 is 2.39 bits per heavy atom. The number of pyridine rings is 1. The second kappa shape index (κ2) is 8.84. The van der Waals surface area contributed by atoms with E-state index in [0.29, 0.717) is 11.1 Å². The zero-order valence-corrected chi connectivity index (χ0v) is 17.2. The number of benzene rings is 1. The number of nitrogens with zero attached hydrogens (tertiary/aromatic N) is 2. The van der Waals surface area contributed by atoms with Gasteiger partial charge in [0.2, 0.25) is 10.0 Å². The van der Waals surface area contributed by atoms with E-state index < -0.39 is 10.0 Å². The third-order valence-electron chi connectivity index (χ3n) is 4.75. The normalized spacial score (nSPS) is 16.5. The minimum atomic E-state index is -3.58. The fraction of sp³-hybridized carbons (Fsp3) is 0.429. The Balaban J connectivity index is 1.88. The number of carbonyl (C=O) groups is 1. The maximum absolute atomic E-state index is 13.0. The summed E-state index contributed by atoms with van der Waals surface area (Å²) in [6, 6.07) is 11.6. The van der Waals surface area contributed by atoms with E-state index in [2.05, 4.69) is 4.72 Å². The highest BCUT2D eigenvalue weighted by atomic mass is 32.2. The van der Waals surface area contributed by atoms with E-state index in [9.17, 15) is 13.2 Å². The first kappa shape index (κ1) is 20.5. The van der Waals surface area contributed by atoms with Crippen LogP contribution in [0.5, 0.6) is 0 Å². The lowest BCUT2D eigenvalue weighted by atomic mass is 9.96. The summed E-state index contributed by atoms with van der Waals surface area (Å²) in [4.78, 5) is 17.9. The standard InChI is InChI=1S/C21H27N3O3S/c1-16(2)23-28(26,27)19-13-11-17(12-14-19)21(25)24-15-7-6-10-20(24)22-18-8-4-3-5-9-18/h6-7,10-16,18,23H,3-5,8-9H2,1-2H3. The summed E-state index contributed by atoms with van der Waals surface area (Å²) in [5, 5.41) is 0. The van der Waals surface area contributed by atoms with Gasteiger partial charge < -0.3 is 0 Å². The zero-order chi connectivity index (χ0) is 20.1. The molecule has 3 rings (SSSR count). The number of aromatic nitrogens is 1. The number of carbonyl (C=O) groups excluding carboxylic acids is 1. The van der Waals surface area contributed by atoms with Gasteiger partial charge in [0.1, 0.15) is 5.49 Å². The van der Waals surface area contributed by atoms with Crippen molar-refractivity contribution in [2.24, 2.45) is 4.99 Å². The maximum atomic E-state index is 13.0. The molecule has 2 aromatic rings. The Hall–Kier alpha value is -2.25. The molecular weight excluding hydrogens is 374 g/mol. The van der Waals surface area contributed by atoms with Crippen molar-refractivity contribution in [1.29, 1.82) is 0 Å². The van der Waals surface area contributed by atoms with E-state index in [0.717, 1.165) is 12.8 Å². The molecule has 1 N–H and O–H groups in total. The maximum Gasteiger partial charge on any atom is 0.263 e. The van der Waals surface area contributed by atoms with Crippen molar-refractivity contribution >= 4 is 15.9 Å². The average Bonchev–Trinajstić information content (AvgIpc) is 2.68. The molecule has 1 aliphatic rings. The van der Waals surface area contributed by atoms with Crippen LogP contribution in [-0.4, -0.2) is 31.0 Å². The lowest BCUT2D eigenvalue weighted by Crippen LogP contribution is -2.30. The van der Waals surface area contributed by atoms with Crippen LogP contribution in [-0.2, 0) is 10.0 Å². The Bertz CT molecular complexity index is 986. The molecule has 0 bridgehead atoms. The van der Waals surface area contributed by atoms with Crippen molar-refractivity contribution in [3.8, 4) is 0 Å². The summed E-state index contributed by atoms with van der Waals surface area (Å²) in [5.41, 5.74) is 1.05. The number of nitrogens with one attached hydrogen (secondary N) is 1. The van der Waals surface area contributed by atoms with Gasteiger partial charge in [-0.3, -0.25) is 14.4 Å². The van der Waals surface area contributed by atoms with Gasteiger partial charge in [-0.2, -0.15) is 0 Å². The monoisotopic (exact) mass is 401 g/mol. The Labute approximate surface area is 166 Å². The molecule has 1 saturated carbocycles. The van der Waals surface area contributed by atoms with Gasteiger partial charge in [0.05, 0.1) is 10.9 Å². The molecule has 1 aromatic heterocycles. The molecule has 6 nitrogen and oxygen atoms in total. The van der Waals surface area contributed by atoms with Crippen LogP contribution in [0.4, 0.5) is 0 Å². The van der Waals surface area contributed by atoms with Crippen LogP contribution in [0.3, 0.4) is 0 Å². The van der Waals surface area contributed by atoms with Crippen LogP contribution in [0.15, 0.2) is 58.5 Å². The molecule has 28 heavy (non-hydrogen) atoms. The highest BCUT2D eigenvalue weighted by molar-refractivity contribution is 7.89. The highest BCUT2D eigenvalue weighted by Gasteiger charge is 2.17. The highest BCUT2D eigenvalue weighted by Crippen LogP contribution is 2.19. The molecule has 1 fully saturated rings. The van der Waals surface area contributed by atoms with Crippen LogP contribution < -0.4 is 10.2 Å². The van der Waals surface area contributed by atoms with Crippen molar-refractivity contribution in [3.05, 3.63) is 59.7 Å². The summed E-state index contributed by atoms with van der Waals surface area (Å²) in [6.45, 7) is 3.53. The molecule has 7 heteroatoms. The SMILES string of the molecule is CC(C)NS(=O)(=O)c1ccc(C(=O)n2ccccc2=NC2CCCCC2)cc1. The van der Waals surface area contributed by atoms with Gasteiger partial charge in [-0.15, -0.1) is 0 Å². The fourth-order valence-corrected chi connectivity index (χ4v) is 4.65. The van der Waals surface area contributed by atoms with Gasteiger partial charge in [0.25, 0.3) is 5.91 Å². The summed E-state index contributed by atoms with van der Waals surface area (Å²) in [6.07, 6.45) is 7.41. The largest absolute Gasteiger partial charge is 0.268 e. The summed E-state index contributed by atoms with van der Waals surface area (Å²) >= 11 is 0. The van der Waals surface area contributed by atoms with E-state index >= 15 is 0 Å². The molecule has 0 spiro atoms. The van der Waals surface area contributed by atoms with Gasteiger partial charge in [-0.1, -0.05) is 25.3 Å². The van der Waals surface area contributed by atoms with Gasteiger partial charge in [0.15, 0.2) is 0 Å². The van der Waals surface area contributed by atoms with Crippen molar-refractivity contribution in [1.82, 2.24) is 9.29 Å². The van der Waals surface area contributed by atoms with Crippen LogP contribution >= 0.6 is 0 Å². The Kier molecular flexibility index (Phi) is 6.46.